The minimum Gasteiger partial charge on any atom is -0.493 e. The molecule has 0 aliphatic rings. The van der Waals surface area contributed by atoms with Gasteiger partial charge in [0.2, 0.25) is 0 Å². The minimum atomic E-state index is -0.194. The smallest absolute Gasteiger partial charge is 0.161 e. The van der Waals surface area contributed by atoms with Crippen LogP contribution in [0.2, 0.25) is 0 Å². The number of hydrogen-bond acceptors (Lipinski definition) is 3. The molecule has 0 saturated heterocycles. The Labute approximate surface area is 118 Å². The van der Waals surface area contributed by atoms with E-state index in [2.05, 4.69) is 10.4 Å². The van der Waals surface area contributed by atoms with Gasteiger partial charge >= 0.3 is 0 Å². The highest BCUT2D eigenvalue weighted by molar-refractivity contribution is 5.38. The lowest BCUT2D eigenvalue weighted by Crippen LogP contribution is -2.25. The van der Waals surface area contributed by atoms with Crippen LogP contribution < -0.4 is 10.1 Å². The van der Waals surface area contributed by atoms with Crippen molar-refractivity contribution in [2.24, 2.45) is 7.05 Å². The number of halogens is 1. The fourth-order valence-corrected chi connectivity index (χ4v) is 2.34. The number of nitrogens with zero attached hydrogens (tertiary/aromatic N) is 2. The summed E-state index contributed by atoms with van der Waals surface area (Å²) in [5.74, 6) is 0.529. The van der Waals surface area contributed by atoms with Gasteiger partial charge < -0.3 is 10.1 Å². The van der Waals surface area contributed by atoms with Crippen LogP contribution in [-0.2, 0) is 7.05 Å². The highest BCUT2D eigenvalue weighted by Crippen LogP contribution is 2.30. The quantitative estimate of drug-likeness (QED) is 0.913. The molecule has 108 valence electrons. The molecule has 5 heteroatoms. The summed E-state index contributed by atoms with van der Waals surface area (Å²) in [7, 11) is 3.50. The van der Waals surface area contributed by atoms with E-state index >= 15 is 0 Å². The summed E-state index contributed by atoms with van der Waals surface area (Å²) in [5.41, 5.74) is 2.56. The van der Waals surface area contributed by atoms with Crippen LogP contribution in [0, 0.1) is 12.7 Å². The summed E-state index contributed by atoms with van der Waals surface area (Å²) < 4.78 is 20.6. The van der Waals surface area contributed by atoms with Gasteiger partial charge in [0.1, 0.15) is 11.5 Å². The van der Waals surface area contributed by atoms with E-state index in [4.69, 9.17) is 4.74 Å². The minimum absolute atomic E-state index is 0.0817. The number of benzene rings is 1. The molecule has 1 N–H and O–H groups in total. The third kappa shape index (κ3) is 2.67. The number of aryl methyl sites for hydroxylation is 2. The van der Waals surface area contributed by atoms with Gasteiger partial charge in [-0.05, 0) is 30.7 Å². The number of methoxy groups -OCH3 is 1. The van der Waals surface area contributed by atoms with Crippen LogP contribution in [0.5, 0.6) is 5.75 Å². The lowest BCUT2D eigenvalue weighted by Gasteiger charge is -2.20. The Balaban J connectivity index is 2.49. The number of hydrogen-bond donors (Lipinski definition) is 1. The van der Waals surface area contributed by atoms with E-state index in [9.17, 15) is 4.39 Å². The molecule has 1 heterocycles. The molecule has 0 bridgehead atoms. The monoisotopic (exact) mass is 277 g/mol. The second kappa shape index (κ2) is 6.05. The fourth-order valence-electron chi connectivity index (χ4n) is 2.34. The van der Waals surface area contributed by atoms with Crippen LogP contribution in [0.15, 0.2) is 24.4 Å². The van der Waals surface area contributed by atoms with Gasteiger partial charge in [-0.25, -0.2) is 4.39 Å². The molecule has 0 spiro atoms. The summed E-state index contributed by atoms with van der Waals surface area (Å²) >= 11 is 0. The fraction of sp³-hybridized carbons (Fsp3) is 0.400. The molecular formula is C15H20FN3O. The van der Waals surface area contributed by atoms with Crippen LogP contribution >= 0.6 is 0 Å². The molecule has 0 saturated carbocycles. The Morgan fingerprint density at radius 1 is 1.45 bits per heavy atom. The lowest BCUT2D eigenvalue weighted by atomic mass is 10.0. The van der Waals surface area contributed by atoms with Crippen molar-refractivity contribution in [3.05, 3.63) is 47.0 Å². The van der Waals surface area contributed by atoms with E-state index in [-0.39, 0.29) is 11.9 Å². The van der Waals surface area contributed by atoms with Crippen molar-refractivity contribution in [3.8, 4) is 5.75 Å². The maximum absolute atomic E-state index is 13.5. The SMILES string of the molecule is CCNC(c1ccc(F)c(C)c1)c1c(OC)cnn1C. The number of rotatable bonds is 5. The first kappa shape index (κ1) is 14.5. The normalized spacial score (nSPS) is 12.4. The van der Waals surface area contributed by atoms with Gasteiger partial charge in [0.25, 0.3) is 0 Å². The van der Waals surface area contributed by atoms with Gasteiger partial charge in [-0.3, -0.25) is 4.68 Å². The van der Waals surface area contributed by atoms with Crippen LogP contribution in [0.3, 0.4) is 0 Å². The molecule has 1 aromatic heterocycles. The summed E-state index contributed by atoms with van der Waals surface area (Å²) in [5, 5.41) is 7.63. The largest absolute Gasteiger partial charge is 0.493 e. The van der Waals surface area contributed by atoms with E-state index in [1.54, 1.807) is 31.0 Å². The van der Waals surface area contributed by atoms with E-state index < -0.39 is 0 Å². The van der Waals surface area contributed by atoms with Crippen molar-refractivity contribution < 1.29 is 9.13 Å². The molecule has 0 radical (unpaired) electrons. The summed E-state index contributed by atoms with van der Waals surface area (Å²) in [6, 6.07) is 5.07. The lowest BCUT2D eigenvalue weighted by molar-refractivity contribution is 0.401. The molecular weight excluding hydrogens is 257 g/mol. The molecule has 1 atom stereocenters. The first-order chi connectivity index (χ1) is 9.58. The molecule has 2 rings (SSSR count). The van der Waals surface area contributed by atoms with Gasteiger partial charge in [-0.1, -0.05) is 19.1 Å². The Kier molecular flexibility index (Phi) is 4.39. The highest BCUT2D eigenvalue weighted by atomic mass is 19.1. The van der Waals surface area contributed by atoms with Gasteiger partial charge in [-0.15, -0.1) is 0 Å². The van der Waals surface area contributed by atoms with Crippen molar-refractivity contribution in [2.45, 2.75) is 19.9 Å². The topological polar surface area (TPSA) is 39.1 Å². The molecule has 2 aromatic rings. The Hall–Kier alpha value is -1.88. The predicted octanol–water partition coefficient (Wildman–Crippen LogP) is 2.58. The van der Waals surface area contributed by atoms with Crippen LogP contribution in [0.25, 0.3) is 0 Å². The standard InChI is InChI=1S/C15H20FN3O/c1-5-17-14(11-6-7-12(16)10(2)8-11)15-13(20-4)9-18-19(15)3/h6-9,14,17H,5H2,1-4H3. The molecule has 20 heavy (non-hydrogen) atoms. The third-order valence-corrected chi connectivity index (χ3v) is 3.37. The maximum Gasteiger partial charge on any atom is 0.161 e. The van der Waals surface area contributed by atoms with E-state index in [0.717, 1.165) is 23.6 Å². The molecule has 0 aliphatic carbocycles. The van der Waals surface area contributed by atoms with Gasteiger partial charge in [0, 0.05) is 7.05 Å². The zero-order valence-electron chi connectivity index (χ0n) is 12.3. The van der Waals surface area contributed by atoms with Crippen LogP contribution in [0.1, 0.15) is 29.8 Å². The van der Waals surface area contributed by atoms with Gasteiger partial charge in [-0.2, -0.15) is 5.10 Å². The summed E-state index contributed by atoms with van der Waals surface area (Å²) in [6.45, 7) is 4.59. The number of ether oxygens (including phenoxy) is 1. The third-order valence-electron chi connectivity index (χ3n) is 3.37. The molecule has 0 aliphatic heterocycles. The zero-order valence-corrected chi connectivity index (χ0v) is 12.3. The van der Waals surface area contributed by atoms with Crippen molar-refractivity contribution >= 4 is 0 Å². The van der Waals surface area contributed by atoms with Crippen molar-refractivity contribution in [1.82, 2.24) is 15.1 Å². The second-order valence-corrected chi connectivity index (χ2v) is 4.72. The molecule has 1 aromatic carbocycles. The highest BCUT2D eigenvalue weighted by Gasteiger charge is 2.22. The van der Waals surface area contributed by atoms with Crippen molar-refractivity contribution in [3.63, 3.8) is 0 Å². The molecule has 1 unspecified atom stereocenters. The van der Waals surface area contributed by atoms with Gasteiger partial charge in [0.15, 0.2) is 5.75 Å². The Morgan fingerprint density at radius 3 is 2.80 bits per heavy atom. The Morgan fingerprint density at radius 2 is 2.20 bits per heavy atom. The molecule has 0 amide bonds. The molecule has 0 fully saturated rings. The average molecular weight is 277 g/mol. The second-order valence-electron chi connectivity index (χ2n) is 4.72. The first-order valence-electron chi connectivity index (χ1n) is 6.63. The van der Waals surface area contributed by atoms with E-state index in [1.165, 1.54) is 6.07 Å². The zero-order chi connectivity index (χ0) is 14.7. The Bertz CT molecular complexity index is 595. The van der Waals surface area contributed by atoms with E-state index in [1.807, 2.05) is 20.0 Å². The maximum atomic E-state index is 13.5. The van der Waals surface area contributed by atoms with Crippen molar-refractivity contribution in [1.29, 1.82) is 0 Å². The van der Waals surface area contributed by atoms with Crippen LogP contribution in [0.4, 0.5) is 4.39 Å². The summed E-state index contributed by atoms with van der Waals surface area (Å²) in [6.07, 6.45) is 1.69. The van der Waals surface area contributed by atoms with Crippen LogP contribution in [-0.4, -0.2) is 23.4 Å². The van der Waals surface area contributed by atoms with Gasteiger partial charge in [0.05, 0.1) is 19.3 Å². The predicted molar refractivity (Wildman–Crippen MR) is 76.4 cm³/mol. The number of nitrogens with one attached hydrogen (secondary N) is 1. The average Bonchev–Trinajstić information content (AvgIpc) is 2.80. The molecule has 4 nitrogen and oxygen atoms in total. The first-order valence-corrected chi connectivity index (χ1v) is 6.63. The van der Waals surface area contributed by atoms with Crippen molar-refractivity contribution in [2.75, 3.05) is 13.7 Å². The van der Waals surface area contributed by atoms with E-state index in [0.29, 0.717) is 5.56 Å². The summed E-state index contributed by atoms with van der Waals surface area (Å²) in [4.78, 5) is 0. The number of aromatic nitrogens is 2.